The number of rotatable bonds is 2. The largest absolute Gasteiger partial charge is 0.331 e. The van der Waals surface area contributed by atoms with Crippen molar-refractivity contribution in [3.8, 4) is 0 Å². The molecule has 1 aliphatic rings. The molecule has 3 heteroatoms. The van der Waals surface area contributed by atoms with Gasteiger partial charge in [0, 0.05) is 30.3 Å². The molecule has 0 N–H and O–H groups in total. The van der Waals surface area contributed by atoms with Crippen LogP contribution >= 0.6 is 0 Å². The number of hydrogen-bond acceptors (Lipinski definition) is 2. The maximum atomic E-state index is 4.24. The van der Waals surface area contributed by atoms with E-state index in [0.717, 1.165) is 6.42 Å². The minimum Gasteiger partial charge on any atom is -0.331 e. The highest BCUT2D eigenvalue weighted by atomic mass is 15.1. The van der Waals surface area contributed by atoms with E-state index in [-0.39, 0.29) is 0 Å². The van der Waals surface area contributed by atoms with Crippen molar-refractivity contribution >= 4 is 0 Å². The Hall–Kier alpha value is -1.64. The Bertz CT molecular complexity index is 461. The molecule has 0 saturated heterocycles. The van der Waals surface area contributed by atoms with Crippen molar-refractivity contribution < 1.29 is 0 Å². The maximum Gasteiger partial charge on any atom is 0.0950 e. The maximum absolute atomic E-state index is 4.24. The van der Waals surface area contributed by atoms with Crippen LogP contribution in [0.2, 0.25) is 0 Å². The molecule has 0 radical (unpaired) electrons. The van der Waals surface area contributed by atoms with Crippen LogP contribution in [0.1, 0.15) is 30.1 Å². The lowest BCUT2D eigenvalue weighted by Crippen LogP contribution is -2.18. The lowest BCUT2D eigenvalue weighted by Gasteiger charge is -2.25. The number of pyridine rings is 1. The number of aromatic nitrogens is 3. The second kappa shape index (κ2) is 4.08. The van der Waals surface area contributed by atoms with Crippen LogP contribution in [0, 0.1) is 0 Å². The van der Waals surface area contributed by atoms with Crippen LogP contribution in [-0.2, 0) is 12.8 Å². The van der Waals surface area contributed by atoms with Crippen molar-refractivity contribution in [2.45, 2.75) is 31.7 Å². The Kier molecular flexibility index (Phi) is 2.44. The lowest BCUT2D eigenvalue weighted by molar-refractivity contribution is 0.399. The zero-order valence-electron chi connectivity index (χ0n) is 9.21. The molecule has 1 atom stereocenters. The summed E-state index contributed by atoms with van der Waals surface area (Å²) < 4.78 is 2.33. The molecule has 0 aliphatic carbocycles. The molecule has 0 amide bonds. The lowest BCUT2D eigenvalue weighted by atomic mass is 9.97. The van der Waals surface area contributed by atoms with Crippen molar-refractivity contribution in [2.75, 3.05) is 0 Å². The van der Waals surface area contributed by atoms with E-state index in [2.05, 4.69) is 20.6 Å². The van der Waals surface area contributed by atoms with E-state index in [1.807, 2.05) is 31.0 Å². The first kappa shape index (κ1) is 9.58. The molecular formula is C13H15N3. The van der Waals surface area contributed by atoms with Gasteiger partial charge in [-0.3, -0.25) is 4.98 Å². The first-order valence-corrected chi connectivity index (χ1v) is 5.83. The zero-order chi connectivity index (χ0) is 10.8. The summed E-state index contributed by atoms with van der Waals surface area (Å²) in [4.78, 5) is 8.41. The molecule has 82 valence electrons. The Balaban J connectivity index is 1.83. The quantitative estimate of drug-likeness (QED) is 0.767. The number of nitrogens with zero attached hydrogens (tertiary/aromatic N) is 3. The summed E-state index contributed by atoms with van der Waals surface area (Å²) in [5.74, 6) is 0. The number of imidazole rings is 1. The van der Waals surface area contributed by atoms with Gasteiger partial charge in [-0.2, -0.15) is 0 Å². The predicted molar refractivity (Wildman–Crippen MR) is 62.1 cm³/mol. The molecule has 3 heterocycles. The predicted octanol–water partition coefficient (Wildman–Crippen LogP) is 2.40. The van der Waals surface area contributed by atoms with Crippen molar-refractivity contribution in [1.29, 1.82) is 0 Å². The van der Waals surface area contributed by atoms with Crippen LogP contribution in [0.3, 0.4) is 0 Å². The SMILES string of the molecule is c1cncc(CC2CCCc3cncn32)c1. The fourth-order valence-corrected chi connectivity index (χ4v) is 2.50. The average Bonchev–Trinajstić information content (AvgIpc) is 2.80. The molecule has 3 nitrogen and oxygen atoms in total. The summed E-state index contributed by atoms with van der Waals surface area (Å²) in [6.07, 6.45) is 12.5. The number of fused-ring (bicyclic) bond motifs is 1. The van der Waals surface area contributed by atoms with Crippen molar-refractivity contribution in [2.24, 2.45) is 0 Å². The monoisotopic (exact) mass is 213 g/mol. The standard InChI is InChI=1S/C13H15N3/c1-4-12(7-11-3-2-6-14-8-11)16-10-15-9-13(16)5-1/h2-3,6,8-10,12H,1,4-5,7H2. The highest BCUT2D eigenvalue weighted by Crippen LogP contribution is 2.27. The van der Waals surface area contributed by atoms with Gasteiger partial charge >= 0.3 is 0 Å². The van der Waals surface area contributed by atoms with Crippen LogP contribution in [0.5, 0.6) is 0 Å². The molecule has 1 unspecified atom stereocenters. The average molecular weight is 213 g/mol. The van der Waals surface area contributed by atoms with Gasteiger partial charge in [0.1, 0.15) is 0 Å². The van der Waals surface area contributed by atoms with Gasteiger partial charge in [-0.15, -0.1) is 0 Å². The van der Waals surface area contributed by atoms with Crippen LogP contribution in [0.25, 0.3) is 0 Å². The van der Waals surface area contributed by atoms with Crippen LogP contribution in [0.4, 0.5) is 0 Å². The fourth-order valence-electron chi connectivity index (χ4n) is 2.50. The van der Waals surface area contributed by atoms with E-state index in [1.54, 1.807) is 0 Å². The molecule has 16 heavy (non-hydrogen) atoms. The molecule has 0 saturated carbocycles. The summed E-state index contributed by atoms with van der Waals surface area (Å²) in [5.41, 5.74) is 2.69. The van der Waals surface area contributed by atoms with E-state index in [1.165, 1.54) is 30.5 Å². The molecule has 0 fully saturated rings. The van der Waals surface area contributed by atoms with E-state index in [4.69, 9.17) is 0 Å². The van der Waals surface area contributed by atoms with Gasteiger partial charge in [0.15, 0.2) is 0 Å². The third-order valence-corrected chi connectivity index (χ3v) is 3.30. The smallest absolute Gasteiger partial charge is 0.0950 e. The number of aryl methyl sites for hydroxylation is 1. The summed E-state index contributed by atoms with van der Waals surface area (Å²) >= 11 is 0. The van der Waals surface area contributed by atoms with Crippen LogP contribution < -0.4 is 0 Å². The van der Waals surface area contributed by atoms with Crippen molar-refractivity contribution in [3.63, 3.8) is 0 Å². The van der Waals surface area contributed by atoms with E-state index in [0.29, 0.717) is 6.04 Å². The topological polar surface area (TPSA) is 30.7 Å². The normalized spacial score (nSPS) is 19.4. The highest BCUT2D eigenvalue weighted by Gasteiger charge is 2.19. The van der Waals surface area contributed by atoms with Gasteiger partial charge in [0.25, 0.3) is 0 Å². The molecule has 2 aromatic heterocycles. The molecular weight excluding hydrogens is 198 g/mol. The molecule has 0 bridgehead atoms. The van der Waals surface area contributed by atoms with Crippen LogP contribution in [-0.4, -0.2) is 14.5 Å². The first-order valence-electron chi connectivity index (χ1n) is 5.83. The summed E-state index contributed by atoms with van der Waals surface area (Å²) in [5, 5.41) is 0. The van der Waals surface area contributed by atoms with Gasteiger partial charge in [-0.1, -0.05) is 6.07 Å². The van der Waals surface area contributed by atoms with E-state index >= 15 is 0 Å². The molecule has 2 aromatic rings. The van der Waals surface area contributed by atoms with Crippen molar-refractivity contribution in [1.82, 2.24) is 14.5 Å². The zero-order valence-corrected chi connectivity index (χ0v) is 9.21. The summed E-state index contributed by atoms with van der Waals surface area (Å²) in [7, 11) is 0. The molecule has 0 aromatic carbocycles. The third-order valence-electron chi connectivity index (χ3n) is 3.30. The van der Waals surface area contributed by atoms with Gasteiger partial charge in [-0.05, 0) is 37.3 Å². The minimum absolute atomic E-state index is 0.565. The summed E-state index contributed by atoms with van der Waals surface area (Å²) in [6, 6.07) is 4.72. The fraction of sp³-hybridized carbons (Fsp3) is 0.385. The van der Waals surface area contributed by atoms with E-state index < -0.39 is 0 Å². The highest BCUT2D eigenvalue weighted by molar-refractivity contribution is 5.12. The van der Waals surface area contributed by atoms with Gasteiger partial charge < -0.3 is 4.57 Å². The van der Waals surface area contributed by atoms with Crippen molar-refractivity contribution in [3.05, 3.63) is 48.3 Å². The molecule has 1 aliphatic heterocycles. The summed E-state index contributed by atoms with van der Waals surface area (Å²) in [6.45, 7) is 0. The van der Waals surface area contributed by atoms with Gasteiger partial charge in [0.05, 0.1) is 6.33 Å². The molecule has 0 spiro atoms. The van der Waals surface area contributed by atoms with Gasteiger partial charge in [-0.25, -0.2) is 4.98 Å². The first-order chi connectivity index (χ1) is 7.93. The third kappa shape index (κ3) is 1.73. The van der Waals surface area contributed by atoms with Crippen LogP contribution in [0.15, 0.2) is 37.1 Å². The number of hydrogen-bond donors (Lipinski definition) is 0. The van der Waals surface area contributed by atoms with Gasteiger partial charge in [0.2, 0.25) is 0 Å². The Labute approximate surface area is 95.2 Å². The Morgan fingerprint density at radius 3 is 3.19 bits per heavy atom. The Morgan fingerprint density at radius 2 is 2.31 bits per heavy atom. The second-order valence-corrected chi connectivity index (χ2v) is 4.40. The second-order valence-electron chi connectivity index (χ2n) is 4.40. The van der Waals surface area contributed by atoms with E-state index in [9.17, 15) is 0 Å². The minimum atomic E-state index is 0.565. The molecule has 3 rings (SSSR count). The Morgan fingerprint density at radius 1 is 1.31 bits per heavy atom.